The summed E-state index contributed by atoms with van der Waals surface area (Å²) in [6.07, 6.45) is 73.3. The molecule has 0 aliphatic carbocycles. The van der Waals surface area contributed by atoms with Gasteiger partial charge in [-0.3, -0.25) is 9.59 Å². The van der Waals surface area contributed by atoms with E-state index in [0.717, 1.165) is 51.4 Å². The summed E-state index contributed by atoms with van der Waals surface area (Å²) >= 11 is 0. The number of allylic oxidation sites excluding steroid dienone is 4. The number of unbranched alkanes of at least 4 members (excludes halogenated alkanes) is 44. The molecule has 390 valence electrons. The third kappa shape index (κ3) is 55.0. The van der Waals surface area contributed by atoms with Gasteiger partial charge in [-0.05, 0) is 44.9 Å². The molecular weight excluding hydrogens is 813 g/mol. The van der Waals surface area contributed by atoms with Gasteiger partial charge in [0.2, 0.25) is 0 Å². The van der Waals surface area contributed by atoms with Crippen LogP contribution in [0.3, 0.4) is 0 Å². The van der Waals surface area contributed by atoms with E-state index in [1.807, 2.05) is 0 Å². The van der Waals surface area contributed by atoms with Crippen molar-refractivity contribution >= 4 is 11.9 Å². The van der Waals surface area contributed by atoms with E-state index in [4.69, 9.17) is 9.47 Å². The predicted octanol–water partition coefficient (Wildman–Crippen LogP) is 20.1. The first-order valence-electron chi connectivity index (χ1n) is 29.9. The largest absolute Gasteiger partial charge is 0.462 e. The van der Waals surface area contributed by atoms with Gasteiger partial charge in [-0.25, -0.2) is 0 Å². The lowest BCUT2D eigenvalue weighted by Gasteiger charge is -2.15. The summed E-state index contributed by atoms with van der Waals surface area (Å²) in [7, 11) is 0. The van der Waals surface area contributed by atoms with E-state index in [9.17, 15) is 14.7 Å². The number of carbonyl (C=O) groups excluding carboxylic acids is 2. The summed E-state index contributed by atoms with van der Waals surface area (Å²) in [6.45, 7) is 4.16. The van der Waals surface area contributed by atoms with E-state index in [1.54, 1.807) is 0 Å². The molecule has 5 nitrogen and oxygen atoms in total. The molecule has 5 heteroatoms. The number of esters is 2. The molecule has 1 N–H and O–H groups in total. The van der Waals surface area contributed by atoms with Crippen molar-refractivity contribution in [3.05, 3.63) is 24.3 Å². The SMILES string of the molecule is CCCCCC/C=C\C/C=C\CCCCCCCC(=O)OC(CO)COC(=O)CCCCCCCCCCCCCCCCCCCCCCCCCCCCCCCCCCCCCC. The summed E-state index contributed by atoms with van der Waals surface area (Å²) in [4.78, 5) is 24.5. The van der Waals surface area contributed by atoms with Gasteiger partial charge in [0.05, 0.1) is 6.61 Å². The molecule has 0 saturated heterocycles. The zero-order valence-corrected chi connectivity index (χ0v) is 44.7. The van der Waals surface area contributed by atoms with Gasteiger partial charge in [0, 0.05) is 12.8 Å². The van der Waals surface area contributed by atoms with Crippen molar-refractivity contribution in [3.8, 4) is 0 Å². The van der Waals surface area contributed by atoms with Crippen molar-refractivity contribution in [3.63, 3.8) is 0 Å². The standard InChI is InChI=1S/C61H116O5/c1-3-5-7-9-11-13-15-17-19-21-22-23-24-25-26-27-28-29-30-31-32-33-34-35-36-37-38-39-40-42-43-45-47-49-51-53-55-60(63)65-58-59(57-62)66-61(64)56-54-52-50-48-46-44-41-20-18-16-14-12-10-8-6-4-2/h14,16,20,41,59,62H,3-13,15,17-19,21-40,42-58H2,1-2H3/b16-14-,41-20-. The lowest BCUT2D eigenvalue weighted by Crippen LogP contribution is -2.28. The highest BCUT2D eigenvalue weighted by molar-refractivity contribution is 5.70. The number of rotatable bonds is 56. The Hall–Kier alpha value is -1.62. The molecule has 0 aromatic rings. The van der Waals surface area contributed by atoms with Crippen LogP contribution in [0.25, 0.3) is 0 Å². The van der Waals surface area contributed by atoms with Crippen LogP contribution >= 0.6 is 0 Å². The highest BCUT2D eigenvalue weighted by Gasteiger charge is 2.16. The predicted molar refractivity (Wildman–Crippen MR) is 288 cm³/mol. The average molecular weight is 930 g/mol. The van der Waals surface area contributed by atoms with Gasteiger partial charge in [0.25, 0.3) is 0 Å². The Labute approximate surface area is 413 Å². The first kappa shape index (κ1) is 64.4. The highest BCUT2D eigenvalue weighted by atomic mass is 16.6. The Bertz CT molecular complexity index is 1010. The maximum atomic E-state index is 12.2. The molecule has 0 spiro atoms. The van der Waals surface area contributed by atoms with E-state index in [-0.39, 0.29) is 25.2 Å². The van der Waals surface area contributed by atoms with Crippen LogP contribution in [0.15, 0.2) is 24.3 Å². The summed E-state index contributed by atoms with van der Waals surface area (Å²) < 4.78 is 10.7. The van der Waals surface area contributed by atoms with E-state index in [0.29, 0.717) is 12.8 Å². The minimum atomic E-state index is -0.776. The van der Waals surface area contributed by atoms with E-state index in [2.05, 4.69) is 38.2 Å². The van der Waals surface area contributed by atoms with Crippen molar-refractivity contribution < 1.29 is 24.2 Å². The van der Waals surface area contributed by atoms with Gasteiger partial charge in [-0.15, -0.1) is 0 Å². The Kier molecular flexibility index (Phi) is 56.3. The molecule has 0 aromatic carbocycles. The molecule has 0 aliphatic rings. The van der Waals surface area contributed by atoms with Crippen LogP contribution in [-0.2, 0) is 19.1 Å². The molecular formula is C61H116O5. The Morgan fingerprint density at radius 2 is 0.606 bits per heavy atom. The molecule has 0 heterocycles. The van der Waals surface area contributed by atoms with Crippen molar-refractivity contribution in [2.45, 2.75) is 341 Å². The van der Waals surface area contributed by atoms with Gasteiger partial charge < -0.3 is 14.6 Å². The van der Waals surface area contributed by atoms with Crippen molar-refractivity contribution in [2.75, 3.05) is 13.2 Å². The number of aliphatic hydroxyl groups is 1. The second kappa shape index (κ2) is 57.7. The maximum Gasteiger partial charge on any atom is 0.306 e. The molecule has 0 rings (SSSR count). The summed E-state index contributed by atoms with van der Waals surface area (Å²) in [5.74, 6) is -0.590. The molecule has 1 unspecified atom stereocenters. The lowest BCUT2D eigenvalue weighted by atomic mass is 10.0. The quantitative estimate of drug-likeness (QED) is 0.0374. The normalized spacial score (nSPS) is 12.2. The maximum absolute atomic E-state index is 12.2. The second-order valence-electron chi connectivity index (χ2n) is 20.4. The third-order valence-corrected chi connectivity index (χ3v) is 13.7. The molecule has 66 heavy (non-hydrogen) atoms. The first-order valence-corrected chi connectivity index (χ1v) is 29.9. The number of hydrogen-bond donors (Lipinski definition) is 1. The zero-order valence-electron chi connectivity index (χ0n) is 44.7. The molecule has 0 bridgehead atoms. The lowest BCUT2D eigenvalue weighted by molar-refractivity contribution is -0.161. The van der Waals surface area contributed by atoms with Gasteiger partial charge in [-0.1, -0.05) is 301 Å². The molecule has 0 aromatic heterocycles. The van der Waals surface area contributed by atoms with Crippen LogP contribution in [0.1, 0.15) is 335 Å². The summed E-state index contributed by atoms with van der Waals surface area (Å²) in [5.41, 5.74) is 0. The smallest absolute Gasteiger partial charge is 0.306 e. The summed E-state index contributed by atoms with van der Waals surface area (Å²) in [6, 6.07) is 0. The third-order valence-electron chi connectivity index (χ3n) is 13.7. The first-order chi connectivity index (χ1) is 32.6. The average Bonchev–Trinajstić information content (AvgIpc) is 3.32. The topological polar surface area (TPSA) is 72.8 Å². The fourth-order valence-electron chi connectivity index (χ4n) is 9.24. The van der Waals surface area contributed by atoms with Crippen molar-refractivity contribution in [2.24, 2.45) is 0 Å². The minimum absolute atomic E-state index is 0.0664. The van der Waals surface area contributed by atoms with Crippen molar-refractivity contribution in [1.29, 1.82) is 0 Å². The Morgan fingerprint density at radius 3 is 0.909 bits per heavy atom. The van der Waals surface area contributed by atoms with Crippen LogP contribution in [-0.4, -0.2) is 36.4 Å². The molecule has 0 saturated carbocycles. The Balaban J connectivity index is 3.36. The second-order valence-corrected chi connectivity index (χ2v) is 20.4. The van der Waals surface area contributed by atoms with Crippen LogP contribution < -0.4 is 0 Å². The van der Waals surface area contributed by atoms with Crippen LogP contribution in [0.5, 0.6) is 0 Å². The molecule has 0 aliphatic heterocycles. The number of carbonyl (C=O) groups is 2. The zero-order chi connectivity index (χ0) is 47.7. The number of aliphatic hydroxyl groups excluding tert-OH is 1. The van der Waals surface area contributed by atoms with E-state index >= 15 is 0 Å². The molecule has 0 fully saturated rings. The monoisotopic (exact) mass is 929 g/mol. The van der Waals surface area contributed by atoms with Gasteiger partial charge in [0.1, 0.15) is 6.61 Å². The minimum Gasteiger partial charge on any atom is -0.462 e. The van der Waals surface area contributed by atoms with Crippen LogP contribution in [0.4, 0.5) is 0 Å². The molecule has 0 radical (unpaired) electrons. The highest BCUT2D eigenvalue weighted by Crippen LogP contribution is 2.18. The van der Waals surface area contributed by atoms with Gasteiger partial charge in [0.15, 0.2) is 6.10 Å². The van der Waals surface area contributed by atoms with Gasteiger partial charge in [-0.2, -0.15) is 0 Å². The fraction of sp³-hybridized carbons (Fsp3) is 0.902. The fourth-order valence-corrected chi connectivity index (χ4v) is 9.24. The molecule has 0 amide bonds. The van der Waals surface area contributed by atoms with E-state index in [1.165, 1.54) is 257 Å². The number of ether oxygens (including phenoxy) is 2. The van der Waals surface area contributed by atoms with Crippen LogP contribution in [0, 0.1) is 0 Å². The van der Waals surface area contributed by atoms with E-state index < -0.39 is 6.10 Å². The Morgan fingerprint density at radius 1 is 0.348 bits per heavy atom. The summed E-state index contributed by atoms with van der Waals surface area (Å²) in [5, 5.41) is 9.63. The van der Waals surface area contributed by atoms with Gasteiger partial charge >= 0.3 is 11.9 Å². The van der Waals surface area contributed by atoms with Crippen LogP contribution in [0.2, 0.25) is 0 Å². The van der Waals surface area contributed by atoms with Crippen molar-refractivity contribution in [1.82, 2.24) is 0 Å². The molecule has 1 atom stereocenters. The number of hydrogen-bond acceptors (Lipinski definition) is 5.